The zero-order valence-corrected chi connectivity index (χ0v) is 15.8. The summed E-state index contributed by atoms with van der Waals surface area (Å²) in [7, 11) is -7.08. The highest BCUT2D eigenvalue weighted by atomic mass is 32.2. The summed E-state index contributed by atoms with van der Waals surface area (Å²) in [4.78, 5) is 0. The Morgan fingerprint density at radius 2 is 1.85 bits per heavy atom. The maximum Gasteiger partial charge on any atom is 0.236 e. The fourth-order valence-corrected chi connectivity index (χ4v) is 5.67. The van der Waals surface area contributed by atoms with Crippen molar-refractivity contribution in [1.29, 1.82) is 0 Å². The average molecular weight is 398 g/mol. The molecular weight excluding hydrogens is 379 g/mol. The van der Waals surface area contributed by atoms with Crippen LogP contribution in [-0.4, -0.2) is 29.1 Å². The Bertz CT molecular complexity index is 1020. The lowest BCUT2D eigenvalue weighted by atomic mass is 10.2. The van der Waals surface area contributed by atoms with Crippen molar-refractivity contribution in [2.75, 3.05) is 21.3 Å². The van der Waals surface area contributed by atoms with E-state index in [1.54, 1.807) is 19.1 Å². The Morgan fingerprint density at radius 1 is 1.15 bits per heavy atom. The number of sulfonamides is 2. The molecular formula is C17H19FN2O4S2. The van der Waals surface area contributed by atoms with Crippen molar-refractivity contribution in [3.05, 3.63) is 59.4 Å². The summed E-state index contributed by atoms with van der Waals surface area (Å²) >= 11 is 0. The highest BCUT2D eigenvalue weighted by molar-refractivity contribution is 7.93. The van der Waals surface area contributed by atoms with Crippen molar-refractivity contribution in [3.8, 4) is 0 Å². The lowest BCUT2D eigenvalue weighted by Crippen LogP contribution is -2.26. The highest BCUT2D eigenvalue weighted by Crippen LogP contribution is 2.30. The molecule has 9 heteroatoms. The summed E-state index contributed by atoms with van der Waals surface area (Å²) in [5, 5.41) is 0. The van der Waals surface area contributed by atoms with Crippen molar-refractivity contribution >= 4 is 31.4 Å². The van der Waals surface area contributed by atoms with Crippen molar-refractivity contribution in [2.45, 2.75) is 19.1 Å². The van der Waals surface area contributed by atoms with Crippen molar-refractivity contribution in [2.24, 2.45) is 0 Å². The third kappa shape index (κ3) is 4.16. The number of hydrogen-bond donors (Lipinski definition) is 1. The van der Waals surface area contributed by atoms with Gasteiger partial charge in [-0.05, 0) is 48.7 Å². The molecule has 2 aromatic rings. The second kappa shape index (κ2) is 6.88. The van der Waals surface area contributed by atoms with Gasteiger partial charge in [-0.25, -0.2) is 21.2 Å². The standard InChI is InChI=1S/C17H19FN2O4S2/c1-13-3-8-16(11-17(13)20-9-2-10-26(20,23)24)19-25(21,22)12-14-4-6-15(18)7-5-14/h3-8,11,19H,2,9-10,12H2,1H3. The number of hydrogen-bond acceptors (Lipinski definition) is 4. The Balaban J connectivity index is 1.83. The molecule has 3 rings (SSSR count). The van der Waals surface area contributed by atoms with Crippen LogP contribution in [-0.2, 0) is 25.8 Å². The minimum Gasteiger partial charge on any atom is -0.283 e. The molecule has 0 aliphatic carbocycles. The van der Waals surface area contributed by atoms with E-state index in [0.717, 1.165) is 5.56 Å². The monoisotopic (exact) mass is 398 g/mol. The molecule has 1 aliphatic heterocycles. The van der Waals surface area contributed by atoms with E-state index in [4.69, 9.17) is 0 Å². The summed E-state index contributed by atoms with van der Waals surface area (Å²) in [6.07, 6.45) is 0.544. The quantitative estimate of drug-likeness (QED) is 0.839. The van der Waals surface area contributed by atoms with E-state index in [0.29, 0.717) is 24.2 Å². The third-order valence-corrected chi connectivity index (χ3v) is 7.24. The second-order valence-corrected chi connectivity index (χ2v) is 9.97. The fraction of sp³-hybridized carbons (Fsp3) is 0.294. The molecule has 1 heterocycles. The van der Waals surface area contributed by atoms with Gasteiger partial charge < -0.3 is 0 Å². The fourth-order valence-electron chi connectivity index (χ4n) is 2.87. The third-order valence-electron chi connectivity index (χ3n) is 4.12. The SMILES string of the molecule is Cc1ccc(NS(=O)(=O)Cc2ccc(F)cc2)cc1N1CCCS1(=O)=O. The molecule has 0 unspecified atom stereocenters. The van der Waals surface area contributed by atoms with Crippen molar-refractivity contribution in [1.82, 2.24) is 0 Å². The molecule has 0 amide bonds. The first-order chi connectivity index (χ1) is 12.2. The molecule has 0 atom stereocenters. The molecule has 26 heavy (non-hydrogen) atoms. The van der Waals surface area contributed by atoms with Crippen LogP contribution >= 0.6 is 0 Å². The molecule has 0 saturated carbocycles. The first kappa shape index (κ1) is 18.7. The molecule has 1 aliphatic rings. The Labute approximate surface area is 152 Å². The van der Waals surface area contributed by atoms with Gasteiger partial charge in [-0.15, -0.1) is 0 Å². The predicted octanol–water partition coefficient (Wildman–Crippen LogP) is 2.62. The van der Waals surface area contributed by atoms with Gasteiger partial charge in [-0.1, -0.05) is 18.2 Å². The molecule has 1 N–H and O–H groups in total. The maximum atomic E-state index is 12.9. The van der Waals surface area contributed by atoms with Gasteiger partial charge in [0.25, 0.3) is 0 Å². The number of nitrogens with zero attached hydrogens (tertiary/aromatic N) is 1. The second-order valence-electron chi connectivity index (χ2n) is 6.23. The van der Waals surface area contributed by atoms with Gasteiger partial charge in [0.15, 0.2) is 0 Å². The van der Waals surface area contributed by atoms with E-state index in [-0.39, 0.29) is 17.2 Å². The number of benzene rings is 2. The smallest absolute Gasteiger partial charge is 0.236 e. The largest absolute Gasteiger partial charge is 0.283 e. The average Bonchev–Trinajstić information content (AvgIpc) is 2.90. The van der Waals surface area contributed by atoms with E-state index < -0.39 is 25.9 Å². The molecule has 140 valence electrons. The van der Waals surface area contributed by atoms with Crippen LogP contribution in [0.2, 0.25) is 0 Å². The Kier molecular flexibility index (Phi) is 4.94. The number of anilines is 2. The van der Waals surface area contributed by atoms with Gasteiger partial charge in [0.2, 0.25) is 20.0 Å². The number of nitrogens with one attached hydrogen (secondary N) is 1. The van der Waals surface area contributed by atoms with Crippen molar-refractivity contribution < 1.29 is 21.2 Å². The first-order valence-electron chi connectivity index (χ1n) is 8.02. The lowest BCUT2D eigenvalue weighted by Gasteiger charge is -2.20. The Hall–Kier alpha value is -2.13. The summed E-state index contributed by atoms with van der Waals surface area (Å²) in [5.74, 6) is -0.653. The first-order valence-corrected chi connectivity index (χ1v) is 11.3. The van der Waals surface area contributed by atoms with Gasteiger partial charge >= 0.3 is 0 Å². The minimum atomic E-state index is -3.72. The molecule has 2 aromatic carbocycles. The maximum absolute atomic E-state index is 12.9. The van der Waals surface area contributed by atoms with Crippen molar-refractivity contribution in [3.63, 3.8) is 0 Å². The van der Waals surface area contributed by atoms with E-state index in [1.165, 1.54) is 34.6 Å². The van der Waals surface area contributed by atoms with Gasteiger partial charge in [-0.2, -0.15) is 0 Å². The van der Waals surface area contributed by atoms with Crippen LogP contribution in [0.5, 0.6) is 0 Å². The van der Waals surface area contributed by atoms with Crippen LogP contribution in [0, 0.1) is 12.7 Å². The summed E-state index contributed by atoms with van der Waals surface area (Å²) in [6, 6.07) is 10.0. The summed E-state index contributed by atoms with van der Waals surface area (Å²) in [5.41, 5.74) is 1.96. The molecule has 1 saturated heterocycles. The van der Waals surface area contributed by atoms with Crippen LogP contribution in [0.4, 0.5) is 15.8 Å². The van der Waals surface area contributed by atoms with Gasteiger partial charge in [0, 0.05) is 6.54 Å². The van der Waals surface area contributed by atoms with Gasteiger partial charge in [0.1, 0.15) is 5.82 Å². The van der Waals surface area contributed by atoms with Crippen LogP contribution in [0.25, 0.3) is 0 Å². The van der Waals surface area contributed by atoms with Gasteiger partial charge in [-0.3, -0.25) is 9.03 Å². The number of aryl methyl sites for hydroxylation is 1. The topological polar surface area (TPSA) is 83.6 Å². The molecule has 0 spiro atoms. The number of rotatable bonds is 5. The van der Waals surface area contributed by atoms with Crippen LogP contribution in [0.15, 0.2) is 42.5 Å². The Morgan fingerprint density at radius 3 is 2.46 bits per heavy atom. The molecule has 0 radical (unpaired) electrons. The van der Waals surface area contributed by atoms with Crippen LogP contribution in [0.3, 0.4) is 0 Å². The number of halogens is 1. The molecule has 0 bridgehead atoms. The zero-order chi connectivity index (χ0) is 18.9. The predicted molar refractivity (Wildman–Crippen MR) is 99.6 cm³/mol. The van der Waals surface area contributed by atoms with Crippen LogP contribution < -0.4 is 9.03 Å². The molecule has 6 nitrogen and oxygen atoms in total. The van der Waals surface area contributed by atoms with E-state index in [9.17, 15) is 21.2 Å². The summed E-state index contributed by atoms with van der Waals surface area (Å²) < 4.78 is 65.7. The molecule has 0 aromatic heterocycles. The van der Waals surface area contributed by atoms with E-state index >= 15 is 0 Å². The van der Waals surface area contributed by atoms with Gasteiger partial charge in [0.05, 0.1) is 22.9 Å². The summed E-state index contributed by atoms with van der Waals surface area (Å²) in [6.45, 7) is 2.16. The van der Waals surface area contributed by atoms with E-state index in [1.807, 2.05) is 0 Å². The minimum absolute atomic E-state index is 0.0902. The van der Waals surface area contributed by atoms with Crippen LogP contribution in [0.1, 0.15) is 17.5 Å². The molecule has 1 fully saturated rings. The lowest BCUT2D eigenvalue weighted by molar-refractivity contribution is 0.598. The highest BCUT2D eigenvalue weighted by Gasteiger charge is 2.29. The van der Waals surface area contributed by atoms with E-state index in [2.05, 4.69) is 4.72 Å². The zero-order valence-electron chi connectivity index (χ0n) is 14.1. The normalized spacial score (nSPS) is 16.6.